The fourth-order valence-electron chi connectivity index (χ4n) is 1.60. The van der Waals surface area contributed by atoms with Gasteiger partial charge in [0.2, 0.25) is 0 Å². The van der Waals surface area contributed by atoms with E-state index in [0.29, 0.717) is 15.6 Å². The Labute approximate surface area is 123 Å². The van der Waals surface area contributed by atoms with Gasteiger partial charge in [-0.2, -0.15) is 13.2 Å². The second-order valence-electron chi connectivity index (χ2n) is 4.23. The van der Waals surface area contributed by atoms with E-state index in [1.807, 2.05) is 0 Å². The summed E-state index contributed by atoms with van der Waals surface area (Å²) < 4.78 is 37.5. The predicted molar refractivity (Wildman–Crippen MR) is 70.1 cm³/mol. The highest BCUT2D eigenvalue weighted by atomic mass is 35.5. The van der Waals surface area contributed by atoms with Crippen LogP contribution in [0.25, 0.3) is 0 Å². The molecule has 0 aliphatic heterocycles. The average molecular weight is 330 g/mol. The van der Waals surface area contributed by atoms with Crippen molar-refractivity contribution in [3.63, 3.8) is 0 Å². The highest BCUT2D eigenvalue weighted by Gasteiger charge is 2.44. The Morgan fingerprint density at radius 1 is 1.40 bits per heavy atom. The van der Waals surface area contributed by atoms with Gasteiger partial charge in [0.1, 0.15) is 0 Å². The van der Waals surface area contributed by atoms with Gasteiger partial charge in [-0.3, -0.25) is 4.79 Å². The minimum absolute atomic E-state index is 0.302. The first kappa shape index (κ1) is 17.1. The number of hydrogen-bond acceptors (Lipinski definition) is 2. The van der Waals surface area contributed by atoms with Crippen molar-refractivity contribution in [1.29, 1.82) is 0 Å². The first-order chi connectivity index (χ1) is 9.12. The number of alkyl halides is 3. The number of benzene rings is 1. The summed E-state index contributed by atoms with van der Waals surface area (Å²) in [4.78, 5) is 10.6. The molecule has 0 radical (unpaired) electrons. The van der Waals surface area contributed by atoms with E-state index in [0.717, 1.165) is 0 Å². The standard InChI is InChI=1S/C12H12Cl2F3NO2/c1-6(8-3-2-7(13)4-10(8)14)18-5-9(11(19)20)12(15,16)17/h2-4,6,9,18H,5H2,1H3,(H,19,20). The van der Waals surface area contributed by atoms with Gasteiger partial charge in [-0.15, -0.1) is 0 Å². The van der Waals surface area contributed by atoms with Crippen LogP contribution in [0.4, 0.5) is 13.2 Å². The number of carboxylic acid groups (broad SMARTS) is 1. The third-order valence-electron chi connectivity index (χ3n) is 2.75. The first-order valence-corrected chi connectivity index (χ1v) is 6.36. The molecule has 3 nitrogen and oxygen atoms in total. The Morgan fingerprint density at radius 3 is 2.45 bits per heavy atom. The predicted octanol–water partition coefficient (Wildman–Crippen LogP) is 3.91. The van der Waals surface area contributed by atoms with Crippen molar-refractivity contribution >= 4 is 29.2 Å². The third-order valence-corrected chi connectivity index (χ3v) is 3.31. The lowest BCUT2D eigenvalue weighted by atomic mass is 10.1. The number of carbonyl (C=O) groups is 1. The van der Waals surface area contributed by atoms with Crippen molar-refractivity contribution in [2.75, 3.05) is 6.54 Å². The summed E-state index contributed by atoms with van der Waals surface area (Å²) in [6.45, 7) is 0.851. The fourth-order valence-corrected chi connectivity index (χ4v) is 2.17. The number of hydrogen-bond donors (Lipinski definition) is 2. The SMILES string of the molecule is CC(NCC(C(=O)O)C(F)(F)F)c1ccc(Cl)cc1Cl. The zero-order valence-corrected chi connectivity index (χ0v) is 11.9. The van der Waals surface area contributed by atoms with Crippen LogP contribution in [0.2, 0.25) is 10.0 Å². The Balaban J connectivity index is 2.75. The van der Waals surface area contributed by atoms with Crippen LogP contribution in [0, 0.1) is 5.92 Å². The lowest BCUT2D eigenvalue weighted by molar-refractivity contribution is -0.192. The summed E-state index contributed by atoms with van der Waals surface area (Å²) in [5.74, 6) is -4.38. The molecule has 0 saturated heterocycles. The molecular formula is C12H12Cl2F3NO2. The van der Waals surface area contributed by atoms with E-state index in [4.69, 9.17) is 28.3 Å². The summed E-state index contributed by atoms with van der Waals surface area (Å²) in [5, 5.41) is 11.8. The number of halogens is 5. The molecular weight excluding hydrogens is 318 g/mol. The molecule has 20 heavy (non-hydrogen) atoms. The van der Waals surface area contributed by atoms with E-state index in [9.17, 15) is 18.0 Å². The summed E-state index contributed by atoms with van der Waals surface area (Å²) in [6.07, 6.45) is -4.80. The molecule has 2 N–H and O–H groups in total. The quantitative estimate of drug-likeness (QED) is 0.861. The second-order valence-corrected chi connectivity index (χ2v) is 5.07. The average Bonchev–Trinajstić information content (AvgIpc) is 2.26. The third kappa shape index (κ3) is 4.54. The van der Waals surface area contributed by atoms with Crippen LogP contribution < -0.4 is 5.32 Å². The van der Waals surface area contributed by atoms with E-state index >= 15 is 0 Å². The molecule has 8 heteroatoms. The summed E-state index contributed by atoms with van der Waals surface area (Å²) in [7, 11) is 0. The number of carboxylic acids is 1. The lowest BCUT2D eigenvalue weighted by Gasteiger charge is -2.21. The molecule has 1 rings (SSSR count). The molecule has 112 valence electrons. The largest absolute Gasteiger partial charge is 0.481 e. The van der Waals surface area contributed by atoms with Crippen molar-refractivity contribution in [2.45, 2.75) is 19.1 Å². The number of rotatable bonds is 5. The van der Waals surface area contributed by atoms with Gasteiger partial charge in [0, 0.05) is 22.6 Å². The molecule has 0 fully saturated rings. The molecule has 0 bridgehead atoms. The smallest absolute Gasteiger partial charge is 0.403 e. The second kappa shape index (κ2) is 6.65. The summed E-state index contributed by atoms with van der Waals surface area (Å²) >= 11 is 11.6. The van der Waals surface area contributed by atoms with Crippen molar-refractivity contribution in [3.8, 4) is 0 Å². The van der Waals surface area contributed by atoms with Crippen LogP contribution in [0.15, 0.2) is 18.2 Å². The van der Waals surface area contributed by atoms with Gasteiger partial charge in [-0.25, -0.2) is 0 Å². The van der Waals surface area contributed by atoms with Crippen LogP contribution in [0.5, 0.6) is 0 Å². The van der Waals surface area contributed by atoms with E-state index in [2.05, 4.69) is 5.32 Å². The molecule has 1 aromatic carbocycles. The molecule has 0 heterocycles. The summed E-state index contributed by atoms with van der Waals surface area (Å²) in [6, 6.07) is 4.06. The van der Waals surface area contributed by atoms with Gasteiger partial charge in [0.25, 0.3) is 0 Å². The highest BCUT2D eigenvalue weighted by molar-refractivity contribution is 6.35. The Morgan fingerprint density at radius 2 is 2.00 bits per heavy atom. The van der Waals surface area contributed by atoms with Gasteiger partial charge in [0.05, 0.1) is 0 Å². The van der Waals surface area contributed by atoms with Crippen molar-refractivity contribution in [1.82, 2.24) is 5.32 Å². The maximum absolute atomic E-state index is 12.5. The van der Waals surface area contributed by atoms with E-state index in [1.54, 1.807) is 19.1 Å². The number of nitrogens with one attached hydrogen (secondary N) is 1. The van der Waals surface area contributed by atoms with Crippen molar-refractivity contribution in [3.05, 3.63) is 33.8 Å². The van der Waals surface area contributed by atoms with E-state index < -0.39 is 30.7 Å². The first-order valence-electron chi connectivity index (χ1n) is 5.60. The summed E-state index contributed by atoms with van der Waals surface area (Å²) in [5.41, 5.74) is 0.544. The van der Waals surface area contributed by atoms with Crippen LogP contribution in [-0.4, -0.2) is 23.8 Å². The zero-order valence-electron chi connectivity index (χ0n) is 10.3. The Bertz CT molecular complexity index is 494. The molecule has 1 aromatic rings. The normalized spacial score (nSPS) is 14.9. The molecule has 0 aliphatic carbocycles. The van der Waals surface area contributed by atoms with Gasteiger partial charge in [-0.05, 0) is 24.6 Å². The van der Waals surface area contributed by atoms with Crippen LogP contribution in [-0.2, 0) is 4.79 Å². The number of aliphatic carboxylic acids is 1. The van der Waals surface area contributed by atoms with Crippen molar-refractivity contribution < 1.29 is 23.1 Å². The molecule has 2 atom stereocenters. The van der Waals surface area contributed by atoms with Gasteiger partial charge in [0.15, 0.2) is 5.92 Å². The highest BCUT2D eigenvalue weighted by Crippen LogP contribution is 2.29. The Hall–Kier alpha value is -0.980. The minimum atomic E-state index is -4.80. The molecule has 0 amide bonds. The van der Waals surface area contributed by atoms with Crippen molar-refractivity contribution in [2.24, 2.45) is 5.92 Å². The van der Waals surface area contributed by atoms with E-state index in [1.165, 1.54) is 6.07 Å². The monoisotopic (exact) mass is 329 g/mol. The topological polar surface area (TPSA) is 49.3 Å². The van der Waals surface area contributed by atoms with Crippen LogP contribution in [0.3, 0.4) is 0 Å². The van der Waals surface area contributed by atoms with Crippen LogP contribution >= 0.6 is 23.2 Å². The van der Waals surface area contributed by atoms with Gasteiger partial charge >= 0.3 is 12.1 Å². The van der Waals surface area contributed by atoms with E-state index in [-0.39, 0.29) is 0 Å². The molecule has 2 unspecified atom stereocenters. The Kier molecular flexibility index (Phi) is 5.68. The molecule has 0 aliphatic rings. The van der Waals surface area contributed by atoms with Gasteiger partial charge in [-0.1, -0.05) is 29.3 Å². The maximum atomic E-state index is 12.5. The zero-order chi connectivity index (χ0) is 15.5. The lowest BCUT2D eigenvalue weighted by Crippen LogP contribution is -2.39. The molecule has 0 saturated carbocycles. The maximum Gasteiger partial charge on any atom is 0.403 e. The van der Waals surface area contributed by atoms with Gasteiger partial charge < -0.3 is 10.4 Å². The molecule has 0 aromatic heterocycles. The molecule has 0 spiro atoms. The minimum Gasteiger partial charge on any atom is -0.481 e. The fraction of sp³-hybridized carbons (Fsp3) is 0.417. The van der Waals surface area contributed by atoms with Crippen LogP contribution in [0.1, 0.15) is 18.5 Å².